The second-order valence-electron chi connectivity index (χ2n) is 4.79. The Morgan fingerprint density at radius 1 is 1.44 bits per heavy atom. The number of aromatic nitrogens is 2. The Kier molecular flexibility index (Phi) is 2.06. The van der Waals surface area contributed by atoms with Crippen LogP contribution in [-0.2, 0) is 0 Å². The molecule has 2 aliphatic rings. The Labute approximate surface area is 94.9 Å². The van der Waals surface area contributed by atoms with Gasteiger partial charge < -0.3 is 4.90 Å². The minimum atomic E-state index is 0.477. The lowest BCUT2D eigenvalue weighted by atomic mass is 10.1. The van der Waals surface area contributed by atoms with Gasteiger partial charge in [-0.15, -0.1) is 0 Å². The zero-order chi connectivity index (χ0) is 11.1. The topological polar surface area (TPSA) is 52.8 Å². The molecule has 1 saturated heterocycles. The Bertz CT molecular complexity index is 463. The summed E-state index contributed by atoms with van der Waals surface area (Å²) in [6, 6.07) is 4.44. The summed E-state index contributed by atoms with van der Waals surface area (Å²) in [6.45, 7) is 2.99. The number of nitrogens with zero attached hydrogens (tertiary/aromatic N) is 4. The molecule has 4 heteroatoms. The maximum atomic E-state index is 8.90. The van der Waals surface area contributed by atoms with Gasteiger partial charge in [0.05, 0.1) is 0 Å². The van der Waals surface area contributed by atoms with Gasteiger partial charge in [-0.1, -0.05) is 0 Å². The molecule has 1 aliphatic heterocycles. The second-order valence-corrected chi connectivity index (χ2v) is 4.79. The van der Waals surface area contributed by atoms with Crippen LogP contribution in [0.25, 0.3) is 0 Å². The maximum Gasteiger partial charge on any atom is 0.227 e. The summed E-state index contributed by atoms with van der Waals surface area (Å²) in [5.41, 5.74) is 1.36. The van der Waals surface area contributed by atoms with Crippen molar-refractivity contribution >= 4 is 5.95 Å². The third-order valence-electron chi connectivity index (χ3n) is 3.62. The van der Waals surface area contributed by atoms with Gasteiger partial charge in [0, 0.05) is 18.3 Å². The molecule has 2 bridgehead atoms. The van der Waals surface area contributed by atoms with E-state index in [0.717, 1.165) is 24.1 Å². The molecular weight excluding hydrogens is 200 g/mol. The molecule has 16 heavy (non-hydrogen) atoms. The van der Waals surface area contributed by atoms with Crippen LogP contribution < -0.4 is 4.90 Å². The van der Waals surface area contributed by atoms with Crippen molar-refractivity contribution in [1.82, 2.24) is 9.97 Å². The number of aryl methyl sites for hydroxylation is 1. The Morgan fingerprint density at radius 3 is 2.94 bits per heavy atom. The van der Waals surface area contributed by atoms with E-state index >= 15 is 0 Å². The highest BCUT2D eigenvalue weighted by molar-refractivity contribution is 5.39. The van der Waals surface area contributed by atoms with Crippen LogP contribution in [-0.4, -0.2) is 22.6 Å². The van der Waals surface area contributed by atoms with E-state index in [0.29, 0.717) is 11.7 Å². The first-order chi connectivity index (χ1) is 7.76. The van der Waals surface area contributed by atoms with E-state index in [2.05, 4.69) is 20.9 Å². The Balaban J connectivity index is 1.95. The fourth-order valence-electron chi connectivity index (χ4n) is 2.91. The molecule has 1 aliphatic carbocycles. The molecule has 4 nitrogen and oxygen atoms in total. The Morgan fingerprint density at radius 2 is 2.31 bits per heavy atom. The van der Waals surface area contributed by atoms with Gasteiger partial charge in [0.25, 0.3) is 0 Å². The van der Waals surface area contributed by atoms with Crippen LogP contribution in [0.15, 0.2) is 6.07 Å². The number of hydrogen-bond acceptors (Lipinski definition) is 4. The van der Waals surface area contributed by atoms with Crippen molar-refractivity contribution < 1.29 is 0 Å². The second kappa shape index (κ2) is 3.44. The molecule has 1 aromatic heterocycles. The largest absolute Gasteiger partial charge is 0.338 e. The van der Waals surface area contributed by atoms with Crippen molar-refractivity contribution in [3.8, 4) is 6.07 Å². The number of fused-ring (bicyclic) bond motifs is 2. The number of hydrogen-bond donors (Lipinski definition) is 0. The molecule has 0 spiro atoms. The number of rotatable bonds is 1. The summed E-state index contributed by atoms with van der Waals surface area (Å²) in [5.74, 6) is 1.57. The van der Waals surface area contributed by atoms with Gasteiger partial charge >= 0.3 is 0 Å². The van der Waals surface area contributed by atoms with Crippen LogP contribution in [0.3, 0.4) is 0 Å². The van der Waals surface area contributed by atoms with Crippen LogP contribution in [0.2, 0.25) is 0 Å². The summed E-state index contributed by atoms with van der Waals surface area (Å²) in [7, 11) is 0. The van der Waals surface area contributed by atoms with E-state index in [1.807, 2.05) is 6.92 Å². The van der Waals surface area contributed by atoms with E-state index in [4.69, 9.17) is 5.26 Å². The molecule has 2 heterocycles. The van der Waals surface area contributed by atoms with Gasteiger partial charge in [-0.05, 0) is 38.2 Å². The third kappa shape index (κ3) is 1.44. The molecule has 3 rings (SSSR count). The first-order valence-electron chi connectivity index (χ1n) is 5.78. The van der Waals surface area contributed by atoms with Crippen LogP contribution in [0.4, 0.5) is 5.95 Å². The third-order valence-corrected chi connectivity index (χ3v) is 3.62. The molecule has 0 aromatic carbocycles. The van der Waals surface area contributed by atoms with Gasteiger partial charge in [-0.2, -0.15) is 5.26 Å². The lowest BCUT2D eigenvalue weighted by molar-refractivity contribution is 0.546. The predicted octanol–water partition coefficient (Wildman–Crippen LogP) is 1.65. The van der Waals surface area contributed by atoms with Crippen molar-refractivity contribution in [3.05, 3.63) is 17.5 Å². The predicted molar refractivity (Wildman–Crippen MR) is 60.0 cm³/mol. The van der Waals surface area contributed by atoms with E-state index in [9.17, 15) is 0 Å². The summed E-state index contributed by atoms with van der Waals surface area (Å²) in [6.07, 6.45) is 3.88. The van der Waals surface area contributed by atoms with Crippen molar-refractivity contribution in [2.75, 3.05) is 11.4 Å². The maximum absolute atomic E-state index is 8.90. The average molecular weight is 214 g/mol. The highest BCUT2D eigenvalue weighted by Gasteiger charge is 2.39. The first kappa shape index (κ1) is 9.59. The molecule has 1 saturated carbocycles. The molecule has 1 aromatic rings. The minimum Gasteiger partial charge on any atom is -0.338 e. The molecule has 82 valence electrons. The van der Waals surface area contributed by atoms with E-state index in [1.54, 1.807) is 6.07 Å². The molecule has 0 N–H and O–H groups in total. The van der Waals surface area contributed by atoms with E-state index < -0.39 is 0 Å². The average Bonchev–Trinajstić information content (AvgIpc) is 2.89. The highest BCUT2D eigenvalue weighted by Crippen LogP contribution is 2.38. The van der Waals surface area contributed by atoms with Crippen molar-refractivity contribution in [3.63, 3.8) is 0 Å². The van der Waals surface area contributed by atoms with E-state index in [-0.39, 0.29) is 0 Å². The normalized spacial score (nSPS) is 27.1. The molecule has 0 amide bonds. The fourth-order valence-corrected chi connectivity index (χ4v) is 2.91. The monoisotopic (exact) mass is 214 g/mol. The van der Waals surface area contributed by atoms with Crippen molar-refractivity contribution in [1.29, 1.82) is 5.26 Å². The number of anilines is 1. The van der Waals surface area contributed by atoms with Crippen LogP contribution in [0.5, 0.6) is 0 Å². The van der Waals surface area contributed by atoms with Crippen LogP contribution >= 0.6 is 0 Å². The van der Waals surface area contributed by atoms with Crippen molar-refractivity contribution in [2.24, 2.45) is 5.92 Å². The standard InChI is InChI=1S/C12H14N4/c1-8-4-10(6-13)15-12(14-8)16-7-9-2-3-11(16)5-9/h4,9,11H,2-3,5,7H2,1H3. The lowest BCUT2D eigenvalue weighted by Gasteiger charge is -2.27. The summed E-state index contributed by atoms with van der Waals surface area (Å²) >= 11 is 0. The molecule has 0 radical (unpaired) electrons. The first-order valence-corrected chi connectivity index (χ1v) is 5.78. The summed E-state index contributed by atoms with van der Waals surface area (Å²) < 4.78 is 0. The van der Waals surface area contributed by atoms with Crippen molar-refractivity contribution in [2.45, 2.75) is 32.2 Å². The highest BCUT2D eigenvalue weighted by atomic mass is 15.3. The molecule has 2 atom stereocenters. The molecule has 2 fully saturated rings. The number of nitriles is 1. The Hall–Kier alpha value is -1.63. The SMILES string of the molecule is Cc1cc(C#N)nc(N2CC3CCC2C3)n1. The summed E-state index contributed by atoms with van der Waals surface area (Å²) in [5, 5.41) is 8.90. The van der Waals surface area contributed by atoms with Gasteiger partial charge in [0.2, 0.25) is 5.95 Å². The number of piperidine rings is 1. The molecular formula is C12H14N4. The molecule has 2 unspecified atom stereocenters. The van der Waals surface area contributed by atoms with Gasteiger partial charge in [-0.25, -0.2) is 9.97 Å². The zero-order valence-electron chi connectivity index (χ0n) is 9.35. The van der Waals surface area contributed by atoms with Gasteiger partial charge in [0.1, 0.15) is 11.8 Å². The van der Waals surface area contributed by atoms with Crippen LogP contribution in [0, 0.1) is 24.2 Å². The van der Waals surface area contributed by atoms with Gasteiger partial charge in [0.15, 0.2) is 0 Å². The lowest BCUT2D eigenvalue weighted by Crippen LogP contribution is -2.33. The quantitative estimate of drug-likeness (QED) is 0.713. The smallest absolute Gasteiger partial charge is 0.227 e. The minimum absolute atomic E-state index is 0.477. The van der Waals surface area contributed by atoms with Gasteiger partial charge in [-0.3, -0.25) is 0 Å². The summed E-state index contributed by atoms with van der Waals surface area (Å²) in [4.78, 5) is 11.0. The zero-order valence-corrected chi connectivity index (χ0v) is 9.35. The fraction of sp³-hybridized carbons (Fsp3) is 0.583. The van der Waals surface area contributed by atoms with E-state index in [1.165, 1.54) is 19.3 Å². The van der Waals surface area contributed by atoms with Crippen LogP contribution in [0.1, 0.15) is 30.7 Å².